The minimum Gasteiger partial charge on any atom is -0.496 e. The van der Waals surface area contributed by atoms with E-state index in [0.717, 1.165) is 12.7 Å². The highest BCUT2D eigenvalue weighted by Gasteiger charge is 2.24. The van der Waals surface area contributed by atoms with E-state index in [2.05, 4.69) is 0 Å². The van der Waals surface area contributed by atoms with Crippen LogP contribution in [0.2, 0.25) is 0 Å². The van der Waals surface area contributed by atoms with Crippen molar-refractivity contribution in [2.75, 3.05) is 35.5 Å². The predicted octanol–water partition coefficient (Wildman–Crippen LogP) is 6.56. The van der Waals surface area contributed by atoms with Crippen molar-refractivity contribution >= 4 is 17.6 Å². The normalized spacial score (nSPS) is 10.4. The van der Waals surface area contributed by atoms with Crippen molar-refractivity contribution in [1.82, 2.24) is 0 Å². The van der Waals surface area contributed by atoms with E-state index in [9.17, 15) is 19.7 Å². The molecule has 0 unspecified atom stereocenters. The fourth-order valence-electron chi connectivity index (χ4n) is 4.54. The Morgan fingerprint density at radius 3 is 1.89 bits per heavy atom. The number of nitro benzene ring substituents is 1. The molecule has 4 aromatic carbocycles. The summed E-state index contributed by atoms with van der Waals surface area (Å²) in [6, 6.07) is 19.4. The minimum atomic E-state index is -0.868. The van der Waals surface area contributed by atoms with Crippen LogP contribution in [-0.2, 0) is 22.3 Å². The van der Waals surface area contributed by atoms with Crippen molar-refractivity contribution in [2.24, 2.45) is 0 Å². The van der Waals surface area contributed by atoms with Gasteiger partial charge in [0.25, 0.3) is 5.69 Å². The summed E-state index contributed by atoms with van der Waals surface area (Å²) in [7, 11) is 6.97. The molecule has 4 rings (SSSR count). The molecule has 0 aliphatic heterocycles. The number of rotatable bonds is 13. The molecular formula is C33H31NO11. The second-order valence-corrected chi connectivity index (χ2v) is 9.41. The maximum atomic E-state index is 12.2. The van der Waals surface area contributed by atoms with Gasteiger partial charge in [-0.25, -0.2) is 9.59 Å². The highest BCUT2D eigenvalue weighted by Crippen LogP contribution is 2.42. The zero-order valence-electron chi connectivity index (χ0n) is 25.3. The number of nitrogens with zero attached hydrogens (tertiary/aromatic N) is 1. The van der Waals surface area contributed by atoms with Crippen LogP contribution in [0.15, 0.2) is 72.8 Å². The van der Waals surface area contributed by atoms with Crippen molar-refractivity contribution in [3.05, 3.63) is 105 Å². The number of aryl methyl sites for hydroxylation is 1. The molecule has 0 spiro atoms. The summed E-state index contributed by atoms with van der Waals surface area (Å²) in [4.78, 5) is 35.0. The fourth-order valence-corrected chi connectivity index (χ4v) is 4.54. The van der Waals surface area contributed by atoms with Crippen LogP contribution in [0.1, 0.15) is 31.8 Å². The first-order valence-corrected chi connectivity index (χ1v) is 13.5. The Labute approximate surface area is 259 Å². The molecule has 0 atom stereocenters. The average Bonchev–Trinajstić information content (AvgIpc) is 3.07. The first kappa shape index (κ1) is 32.1. The van der Waals surface area contributed by atoms with Gasteiger partial charge in [-0.05, 0) is 66.9 Å². The first-order chi connectivity index (χ1) is 21.7. The van der Waals surface area contributed by atoms with Gasteiger partial charge in [0.2, 0.25) is 0 Å². The van der Waals surface area contributed by atoms with E-state index in [-0.39, 0.29) is 11.3 Å². The molecule has 0 fully saturated rings. The van der Waals surface area contributed by atoms with Crippen LogP contribution in [-0.4, -0.2) is 52.4 Å². The van der Waals surface area contributed by atoms with E-state index in [1.165, 1.54) is 46.6 Å². The summed E-state index contributed by atoms with van der Waals surface area (Å²) in [5.41, 5.74) is 1.32. The Hall–Kier alpha value is -5.78. The lowest BCUT2D eigenvalue weighted by molar-refractivity contribution is -0.385. The average molecular weight is 618 g/mol. The van der Waals surface area contributed by atoms with Crippen LogP contribution >= 0.6 is 0 Å². The molecule has 0 radical (unpaired) electrons. The smallest absolute Gasteiger partial charge is 0.345 e. The van der Waals surface area contributed by atoms with Crippen LogP contribution < -0.4 is 23.7 Å². The Morgan fingerprint density at radius 1 is 0.644 bits per heavy atom. The second-order valence-electron chi connectivity index (χ2n) is 9.41. The Morgan fingerprint density at radius 2 is 1.27 bits per heavy atom. The molecule has 0 saturated carbocycles. The van der Waals surface area contributed by atoms with Crippen molar-refractivity contribution in [2.45, 2.75) is 12.8 Å². The van der Waals surface area contributed by atoms with Crippen LogP contribution in [0.3, 0.4) is 0 Å². The van der Waals surface area contributed by atoms with Gasteiger partial charge in [-0.15, -0.1) is 0 Å². The van der Waals surface area contributed by atoms with Gasteiger partial charge >= 0.3 is 11.9 Å². The maximum absolute atomic E-state index is 12.2. The van der Waals surface area contributed by atoms with Crippen molar-refractivity contribution in [3.63, 3.8) is 0 Å². The molecular weight excluding hydrogens is 586 g/mol. The summed E-state index contributed by atoms with van der Waals surface area (Å²) in [6.07, 6.45) is 1.02. The lowest BCUT2D eigenvalue weighted by Gasteiger charge is -2.18. The van der Waals surface area contributed by atoms with E-state index < -0.39 is 22.5 Å². The molecule has 0 heterocycles. The zero-order valence-corrected chi connectivity index (χ0v) is 25.3. The number of ether oxygens (including phenoxy) is 7. The van der Waals surface area contributed by atoms with Crippen molar-refractivity contribution < 1.29 is 47.7 Å². The summed E-state index contributed by atoms with van der Waals surface area (Å²) in [5.74, 6) is 1.42. The number of carbonyl (C=O) groups is 2. The predicted molar refractivity (Wildman–Crippen MR) is 162 cm³/mol. The van der Waals surface area contributed by atoms with E-state index in [0.29, 0.717) is 58.5 Å². The third-order valence-electron chi connectivity index (χ3n) is 6.81. The standard InChI is InChI=1S/C33H31NO11/c1-39-27-16-17-29(41-3)31(45-23-12-14-26(34(37)38)25(19-23)33(36)43-5)24(27)13-8-20-6-10-22(11-7-20)44-30-18-21(32(35)42-4)9-15-28(30)40-2/h6-7,9-12,14-19H,8,13H2,1-5H3. The summed E-state index contributed by atoms with van der Waals surface area (Å²) >= 11 is 0. The fraction of sp³-hybridized carbons (Fsp3) is 0.212. The number of carbonyl (C=O) groups excluding carboxylic acids is 2. The molecule has 45 heavy (non-hydrogen) atoms. The summed E-state index contributed by atoms with van der Waals surface area (Å²) in [5, 5.41) is 11.5. The lowest BCUT2D eigenvalue weighted by atomic mass is 10.0. The quantitative estimate of drug-likeness (QED) is 0.0914. The second kappa shape index (κ2) is 14.6. The number of hydrogen-bond donors (Lipinski definition) is 0. The monoisotopic (exact) mass is 617 g/mol. The number of esters is 2. The first-order valence-electron chi connectivity index (χ1n) is 13.5. The van der Waals surface area contributed by atoms with E-state index >= 15 is 0 Å². The van der Waals surface area contributed by atoms with Gasteiger partial charge in [0.15, 0.2) is 23.0 Å². The van der Waals surface area contributed by atoms with Crippen LogP contribution in [0.25, 0.3) is 0 Å². The highest BCUT2D eigenvalue weighted by atomic mass is 16.6. The molecule has 0 saturated heterocycles. The highest BCUT2D eigenvalue weighted by molar-refractivity contribution is 5.94. The van der Waals surface area contributed by atoms with Gasteiger partial charge in [-0.2, -0.15) is 0 Å². The van der Waals surface area contributed by atoms with Gasteiger partial charge in [0.1, 0.15) is 22.8 Å². The van der Waals surface area contributed by atoms with Crippen LogP contribution in [0.5, 0.6) is 40.2 Å². The largest absolute Gasteiger partial charge is 0.496 e. The van der Waals surface area contributed by atoms with Crippen LogP contribution in [0.4, 0.5) is 5.69 Å². The number of hydrogen-bond acceptors (Lipinski definition) is 11. The van der Waals surface area contributed by atoms with Gasteiger partial charge < -0.3 is 33.2 Å². The zero-order chi connectivity index (χ0) is 32.5. The molecule has 0 aliphatic carbocycles. The van der Waals surface area contributed by atoms with Gasteiger partial charge in [0.05, 0.1) is 46.0 Å². The van der Waals surface area contributed by atoms with Crippen molar-refractivity contribution in [1.29, 1.82) is 0 Å². The minimum absolute atomic E-state index is 0.169. The van der Waals surface area contributed by atoms with E-state index in [4.69, 9.17) is 33.2 Å². The van der Waals surface area contributed by atoms with E-state index in [1.807, 2.05) is 12.1 Å². The molecule has 12 heteroatoms. The molecule has 0 amide bonds. The summed E-state index contributed by atoms with van der Waals surface area (Å²) < 4.78 is 38.2. The molecule has 0 aromatic heterocycles. The molecule has 0 bridgehead atoms. The number of methoxy groups -OCH3 is 5. The van der Waals surface area contributed by atoms with E-state index in [1.54, 1.807) is 42.5 Å². The molecule has 0 N–H and O–H groups in total. The Balaban J connectivity index is 1.58. The van der Waals surface area contributed by atoms with Crippen LogP contribution in [0, 0.1) is 10.1 Å². The Bertz CT molecular complexity index is 1700. The van der Waals surface area contributed by atoms with Gasteiger partial charge in [0, 0.05) is 17.7 Å². The molecule has 234 valence electrons. The van der Waals surface area contributed by atoms with Crippen molar-refractivity contribution in [3.8, 4) is 40.2 Å². The van der Waals surface area contributed by atoms with Gasteiger partial charge in [-0.3, -0.25) is 10.1 Å². The maximum Gasteiger partial charge on any atom is 0.345 e. The molecule has 4 aromatic rings. The van der Waals surface area contributed by atoms with Gasteiger partial charge in [-0.1, -0.05) is 12.1 Å². The molecule has 12 nitrogen and oxygen atoms in total. The third-order valence-corrected chi connectivity index (χ3v) is 6.81. The SMILES string of the molecule is COC(=O)c1ccc(OC)c(Oc2ccc(CCc3c(OC)ccc(OC)c3Oc3ccc([N+](=O)[O-])c(C(=O)OC)c3)cc2)c1. The summed E-state index contributed by atoms with van der Waals surface area (Å²) in [6.45, 7) is 0. The molecule has 0 aliphatic rings. The topological polar surface area (TPSA) is 142 Å². The lowest BCUT2D eigenvalue weighted by Crippen LogP contribution is -2.06. The number of benzene rings is 4. The number of nitro groups is 1. The third kappa shape index (κ3) is 7.42. The Kier molecular flexibility index (Phi) is 10.4.